The van der Waals surface area contributed by atoms with Crippen molar-refractivity contribution >= 4 is 18.0 Å². The van der Waals surface area contributed by atoms with Gasteiger partial charge in [0, 0.05) is 24.4 Å². The van der Waals surface area contributed by atoms with Crippen molar-refractivity contribution in [2.45, 2.75) is 13.8 Å². The summed E-state index contributed by atoms with van der Waals surface area (Å²) in [5.74, 6) is -1.50. The Bertz CT molecular complexity index is 475. The van der Waals surface area contributed by atoms with Gasteiger partial charge in [0.15, 0.2) is 0 Å². The molecule has 0 saturated carbocycles. The van der Waals surface area contributed by atoms with Crippen LogP contribution in [0.5, 0.6) is 0 Å². The zero-order valence-electron chi connectivity index (χ0n) is 10.0. The van der Waals surface area contributed by atoms with E-state index in [1.165, 1.54) is 6.08 Å². The first-order valence-electron chi connectivity index (χ1n) is 5.09. The SMILES string of the molecule is Cc1nn(C)c(C)c1/C=C/C(=O)NCC(=O)O. The number of nitrogens with zero attached hydrogens (tertiary/aromatic N) is 2. The van der Waals surface area contributed by atoms with E-state index in [9.17, 15) is 9.59 Å². The Morgan fingerprint density at radius 1 is 1.47 bits per heavy atom. The number of aliphatic carboxylic acids is 1. The van der Waals surface area contributed by atoms with Gasteiger partial charge in [-0.3, -0.25) is 14.3 Å². The third kappa shape index (κ3) is 3.44. The van der Waals surface area contributed by atoms with Gasteiger partial charge in [0.05, 0.1) is 5.69 Å². The maximum absolute atomic E-state index is 11.3. The van der Waals surface area contributed by atoms with Crippen LogP contribution in [0.25, 0.3) is 6.08 Å². The van der Waals surface area contributed by atoms with Gasteiger partial charge in [-0.15, -0.1) is 0 Å². The number of carbonyl (C=O) groups excluding carboxylic acids is 1. The summed E-state index contributed by atoms with van der Waals surface area (Å²) in [7, 11) is 1.82. The summed E-state index contributed by atoms with van der Waals surface area (Å²) < 4.78 is 1.73. The van der Waals surface area contributed by atoms with E-state index in [0.29, 0.717) is 0 Å². The van der Waals surface area contributed by atoms with Crippen LogP contribution in [0, 0.1) is 13.8 Å². The zero-order chi connectivity index (χ0) is 13.0. The van der Waals surface area contributed by atoms with Crippen LogP contribution in [0.2, 0.25) is 0 Å². The molecule has 0 unspecified atom stereocenters. The van der Waals surface area contributed by atoms with Crippen molar-refractivity contribution in [3.8, 4) is 0 Å². The van der Waals surface area contributed by atoms with Crippen molar-refractivity contribution < 1.29 is 14.7 Å². The Balaban J connectivity index is 2.70. The maximum Gasteiger partial charge on any atom is 0.322 e. The van der Waals surface area contributed by atoms with E-state index in [1.54, 1.807) is 10.8 Å². The van der Waals surface area contributed by atoms with Crippen LogP contribution in [0.3, 0.4) is 0 Å². The van der Waals surface area contributed by atoms with E-state index >= 15 is 0 Å². The lowest BCUT2D eigenvalue weighted by Crippen LogP contribution is -2.27. The fourth-order valence-corrected chi connectivity index (χ4v) is 1.41. The topological polar surface area (TPSA) is 84.2 Å². The van der Waals surface area contributed by atoms with Gasteiger partial charge in [0.1, 0.15) is 6.54 Å². The van der Waals surface area contributed by atoms with Crippen LogP contribution in [0.15, 0.2) is 6.08 Å². The number of carboxylic acid groups (broad SMARTS) is 1. The van der Waals surface area contributed by atoms with E-state index < -0.39 is 11.9 Å². The van der Waals surface area contributed by atoms with E-state index in [1.807, 2.05) is 20.9 Å². The Morgan fingerprint density at radius 2 is 2.12 bits per heavy atom. The highest BCUT2D eigenvalue weighted by atomic mass is 16.4. The highest BCUT2D eigenvalue weighted by molar-refractivity contribution is 5.93. The highest BCUT2D eigenvalue weighted by Gasteiger charge is 2.06. The number of hydrogen-bond donors (Lipinski definition) is 2. The van der Waals surface area contributed by atoms with Gasteiger partial charge in [-0.2, -0.15) is 5.10 Å². The predicted octanol–water partition coefficient (Wildman–Crippen LogP) is 0.251. The number of hydrogen-bond acceptors (Lipinski definition) is 3. The highest BCUT2D eigenvalue weighted by Crippen LogP contribution is 2.13. The Kier molecular flexibility index (Phi) is 4.03. The number of nitrogens with one attached hydrogen (secondary N) is 1. The molecular weight excluding hydrogens is 222 g/mol. The van der Waals surface area contributed by atoms with E-state index in [-0.39, 0.29) is 6.54 Å². The van der Waals surface area contributed by atoms with Gasteiger partial charge in [-0.05, 0) is 19.9 Å². The zero-order valence-corrected chi connectivity index (χ0v) is 10.0. The molecule has 92 valence electrons. The Morgan fingerprint density at radius 3 is 2.59 bits per heavy atom. The van der Waals surface area contributed by atoms with Gasteiger partial charge in [0.25, 0.3) is 0 Å². The van der Waals surface area contributed by atoms with E-state index in [4.69, 9.17) is 5.11 Å². The molecule has 1 rings (SSSR count). The molecule has 0 aromatic carbocycles. The molecule has 0 bridgehead atoms. The van der Waals surface area contributed by atoms with Gasteiger partial charge >= 0.3 is 5.97 Å². The van der Waals surface area contributed by atoms with Crippen LogP contribution in [-0.2, 0) is 16.6 Å². The standard InChI is InChI=1S/C11H15N3O3/c1-7-9(8(2)14(3)13-7)4-5-10(15)12-6-11(16)17/h4-5H,6H2,1-3H3,(H,12,15)(H,16,17)/b5-4+. The second-order valence-corrected chi connectivity index (χ2v) is 3.65. The summed E-state index contributed by atoms with van der Waals surface area (Å²) in [6.07, 6.45) is 2.94. The lowest BCUT2D eigenvalue weighted by molar-refractivity contribution is -0.137. The first-order valence-corrected chi connectivity index (χ1v) is 5.09. The minimum absolute atomic E-state index is 0.381. The molecule has 0 fully saturated rings. The summed E-state index contributed by atoms with van der Waals surface area (Å²) in [5, 5.41) is 14.8. The molecule has 0 saturated heterocycles. The molecule has 6 nitrogen and oxygen atoms in total. The van der Waals surface area contributed by atoms with Crippen LogP contribution in [-0.4, -0.2) is 33.3 Å². The second kappa shape index (κ2) is 5.29. The summed E-state index contributed by atoms with van der Waals surface area (Å²) in [5.41, 5.74) is 2.65. The van der Waals surface area contributed by atoms with Crippen molar-refractivity contribution in [3.05, 3.63) is 23.0 Å². The molecule has 0 aliphatic rings. The average Bonchev–Trinajstić information content (AvgIpc) is 2.48. The van der Waals surface area contributed by atoms with Crippen molar-refractivity contribution in [1.29, 1.82) is 0 Å². The monoisotopic (exact) mass is 237 g/mol. The molecule has 2 N–H and O–H groups in total. The number of carboxylic acids is 1. The second-order valence-electron chi connectivity index (χ2n) is 3.65. The van der Waals surface area contributed by atoms with Crippen molar-refractivity contribution in [2.24, 2.45) is 7.05 Å². The number of rotatable bonds is 4. The molecule has 6 heteroatoms. The Hall–Kier alpha value is -2.11. The third-order valence-electron chi connectivity index (χ3n) is 2.38. The van der Waals surface area contributed by atoms with Crippen molar-refractivity contribution in [3.63, 3.8) is 0 Å². The third-order valence-corrected chi connectivity index (χ3v) is 2.38. The first kappa shape index (κ1) is 13.0. The van der Waals surface area contributed by atoms with Gasteiger partial charge in [0.2, 0.25) is 5.91 Å². The quantitative estimate of drug-likeness (QED) is 0.735. The number of amides is 1. The molecule has 0 radical (unpaired) electrons. The summed E-state index contributed by atoms with van der Waals surface area (Å²) in [6.45, 7) is 3.37. The van der Waals surface area contributed by atoms with E-state index in [2.05, 4.69) is 10.4 Å². The van der Waals surface area contributed by atoms with Crippen LogP contribution < -0.4 is 5.32 Å². The molecule has 0 aliphatic heterocycles. The molecule has 1 heterocycles. The minimum atomic E-state index is -1.07. The fraction of sp³-hybridized carbons (Fsp3) is 0.364. The summed E-state index contributed by atoms with van der Waals surface area (Å²) >= 11 is 0. The fourth-order valence-electron chi connectivity index (χ4n) is 1.41. The number of aromatic nitrogens is 2. The number of carbonyl (C=O) groups is 2. The molecule has 1 aromatic rings. The van der Waals surface area contributed by atoms with Crippen molar-refractivity contribution in [2.75, 3.05) is 6.54 Å². The lowest BCUT2D eigenvalue weighted by Gasteiger charge is -1.97. The minimum Gasteiger partial charge on any atom is -0.480 e. The summed E-state index contributed by atoms with van der Waals surface area (Å²) in [6, 6.07) is 0. The largest absolute Gasteiger partial charge is 0.480 e. The molecular formula is C11H15N3O3. The van der Waals surface area contributed by atoms with E-state index in [0.717, 1.165) is 17.0 Å². The Labute approximate surface area is 98.9 Å². The normalized spacial score (nSPS) is 10.8. The molecule has 17 heavy (non-hydrogen) atoms. The maximum atomic E-state index is 11.3. The van der Waals surface area contributed by atoms with Crippen molar-refractivity contribution in [1.82, 2.24) is 15.1 Å². The summed E-state index contributed by atoms with van der Waals surface area (Å²) in [4.78, 5) is 21.5. The van der Waals surface area contributed by atoms with Crippen LogP contribution in [0.4, 0.5) is 0 Å². The molecule has 1 amide bonds. The molecule has 0 atom stereocenters. The first-order chi connectivity index (χ1) is 7.91. The van der Waals surface area contributed by atoms with Gasteiger partial charge in [-0.1, -0.05) is 0 Å². The predicted molar refractivity (Wildman–Crippen MR) is 62.4 cm³/mol. The van der Waals surface area contributed by atoms with Crippen LogP contribution >= 0.6 is 0 Å². The molecule has 0 spiro atoms. The van der Waals surface area contributed by atoms with Gasteiger partial charge < -0.3 is 10.4 Å². The van der Waals surface area contributed by atoms with Gasteiger partial charge in [-0.25, -0.2) is 0 Å². The average molecular weight is 237 g/mol. The number of aryl methyl sites for hydroxylation is 2. The molecule has 1 aromatic heterocycles. The molecule has 0 aliphatic carbocycles. The lowest BCUT2D eigenvalue weighted by atomic mass is 10.2. The smallest absolute Gasteiger partial charge is 0.322 e. The van der Waals surface area contributed by atoms with Crippen LogP contribution in [0.1, 0.15) is 17.0 Å².